The Morgan fingerprint density at radius 1 is 1.22 bits per heavy atom. The number of nitrogens with zero attached hydrogens (tertiary/aromatic N) is 5. The van der Waals surface area contributed by atoms with Crippen LogP contribution in [0.5, 0.6) is 0 Å². The molecule has 0 saturated heterocycles. The Labute approximate surface area is 165 Å². The lowest BCUT2D eigenvalue weighted by atomic mass is 10.1. The second-order valence-corrected chi connectivity index (χ2v) is 8.42. The van der Waals surface area contributed by atoms with Gasteiger partial charge in [-0.05, 0) is 26.7 Å². The Morgan fingerprint density at radius 2 is 2.00 bits per heavy atom. The van der Waals surface area contributed by atoms with E-state index in [0.29, 0.717) is 11.0 Å². The van der Waals surface area contributed by atoms with Crippen molar-refractivity contribution in [2.45, 2.75) is 44.3 Å². The van der Waals surface area contributed by atoms with Crippen molar-refractivity contribution in [2.24, 2.45) is 0 Å². The first-order valence-corrected chi connectivity index (χ1v) is 10.7. The van der Waals surface area contributed by atoms with Gasteiger partial charge in [-0.2, -0.15) is 0 Å². The largest absolute Gasteiger partial charge is 0.302 e. The Bertz CT molecular complexity index is 945. The van der Waals surface area contributed by atoms with Gasteiger partial charge in [0.1, 0.15) is 5.01 Å². The van der Waals surface area contributed by atoms with Crippen LogP contribution in [0.4, 0.5) is 5.13 Å². The van der Waals surface area contributed by atoms with Gasteiger partial charge in [0.05, 0.1) is 5.75 Å². The van der Waals surface area contributed by atoms with Crippen LogP contribution in [0, 0.1) is 6.92 Å². The molecular weight excluding hydrogens is 380 g/mol. The smallest absolute Gasteiger partial charge is 0.236 e. The van der Waals surface area contributed by atoms with E-state index < -0.39 is 0 Å². The molecule has 1 aromatic carbocycles. The highest BCUT2D eigenvalue weighted by Crippen LogP contribution is 2.42. The summed E-state index contributed by atoms with van der Waals surface area (Å²) in [5.41, 5.74) is 2.22. The van der Waals surface area contributed by atoms with E-state index in [4.69, 9.17) is 0 Å². The topological polar surface area (TPSA) is 85.6 Å². The first-order chi connectivity index (χ1) is 13.1. The van der Waals surface area contributed by atoms with Gasteiger partial charge in [-0.25, -0.2) is 0 Å². The van der Waals surface area contributed by atoms with Crippen LogP contribution in [0.15, 0.2) is 29.4 Å². The van der Waals surface area contributed by atoms with Crippen LogP contribution < -0.4 is 5.32 Å². The third kappa shape index (κ3) is 4.19. The summed E-state index contributed by atoms with van der Waals surface area (Å²) in [6.45, 7) is 4.84. The van der Waals surface area contributed by atoms with Gasteiger partial charge in [-0.3, -0.25) is 10.1 Å². The van der Waals surface area contributed by atoms with Crippen molar-refractivity contribution in [3.8, 4) is 11.4 Å². The van der Waals surface area contributed by atoms with Crippen LogP contribution in [0.3, 0.4) is 0 Å². The van der Waals surface area contributed by atoms with Gasteiger partial charge in [0.15, 0.2) is 11.0 Å². The summed E-state index contributed by atoms with van der Waals surface area (Å²) in [5.74, 6) is 1.51. The number of hydrogen-bond donors (Lipinski definition) is 1. The number of rotatable bonds is 7. The van der Waals surface area contributed by atoms with Crippen LogP contribution in [-0.2, 0) is 11.3 Å². The van der Waals surface area contributed by atoms with Crippen LogP contribution in [0.25, 0.3) is 11.4 Å². The maximum absolute atomic E-state index is 12.2. The Morgan fingerprint density at radius 3 is 2.70 bits per heavy atom. The van der Waals surface area contributed by atoms with Gasteiger partial charge in [-0.1, -0.05) is 52.9 Å². The number of amides is 1. The normalized spacial score (nSPS) is 13.7. The molecule has 0 bridgehead atoms. The van der Waals surface area contributed by atoms with E-state index in [1.165, 1.54) is 41.5 Å². The molecule has 0 spiro atoms. The molecule has 1 fully saturated rings. The minimum atomic E-state index is -0.110. The molecule has 3 aromatic rings. The van der Waals surface area contributed by atoms with Crippen molar-refractivity contribution < 1.29 is 4.79 Å². The van der Waals surface area contributed by atoms with Crippen LogP contribution in [-0.4, -0.2) is 36.6 Å². The van der Waals surface area contributed by atoms with E-state index in [0.717, 1.165) is 28.1 Å². The highest BCUT2D eigenvalue weighted by atomic mass is 32.2. The lowest BCUT2D eigenvalue weighted by Gasteiger charge is -2.07. The highest BCUT2D eigenvalue weighted by Gasteiger charge is 2.27. The summed E-state index contributed by atoms with van der Waals surface area (Å²) < 4.78 is 2.03. The molecule has 27 heavy (non-hydrogen) atoms. The van der Waals surface area contributed by atoms with E-state index >= 15 is 0 Å². The zero-order valence-electron chi connectivity index (χ0n) is 15.2. The van der Waals surface area contributed by atoms with Gasteiger partial charge in [0.2, 0.25) is 11.0 Å². The summed E-state index contributed by atoms with van der Waals surface area (Å²) in [7, 11) is 0. The minimum Gasteiger partial charge on any atom is -0.302 e. The Kier molecular flexibility index (Phi) is 5.22. The molecule has 2 aromatic heterocycles. The predicted octanol–water partition coefficient (Wildman–Crippen LogP) is 3.73. The van der Waals surface area contributed by atoms with Gasteiger partial charge in [-0.15, -0.1) is 20.4 Å². The quantitative estimate of drug-likeness (QED) is 0.608. The average Bonchev–Trinajstić information content (AvgIpc) is 3.28. The van der Waals surface area contributed by atoms with Crippen molar-refractivity contribution >= 4 is 34.1 Å². The average molecular weight is 401 g/mol. The van der Waals surface area contributed by atoms with Gasteiger partial charge in [0.25, 0.3) is 0 Å². The first kappa shape index (κ1) is 18.1. The number of thioether (sulfide) groups is 1. The second-order valence-electron chi connectivity index (χ2n) is 6.47. The lowest BCUT2D eigenvalue weighted by Crippen LogP contribution is -2.14. The molecule has 1 N–H and O–H groups in total. The number of nitrogens with one attached hydrogen (secondary N) is 1. The van der Waals surface area contributed by atoms with E-state index in [9.17, 15) is 4.79 Å². The molecule has 2 heterocycles. The molecule has 0 radical (unpaired) electrons. The summed E-state index contributed by atoms with van der Waals surface area (Å²) in [4.78, 5) is 12.2. The van der Waals surface area contributed by atoms with Crippen molar-refractivity contribution in [3.63, 3.8) is 0 Å². The summed E-state index contributed by atoms with van der Waals surface area (Å²) in [6, 6.07) is 8.20. The van der Waals surface area contributed by atoms with Gasteiger partial charge < -0.3 is 4.57 Å². The fourth-order valence-corrected chi connectivity index (χ4v) is 4.39. The third-order valence-electron chi connectivity index (χ3n) is 4.29. The molecule has 0 aliphatic heterocycles. The molecule has 4 rings (SSSR count). The molecule has 1 amide bonds. The first-order valence-electron chi connectivity index (χ1n) is 8.90. The maximum atomic E-state index is 12.2. The lowest BCUT2D eigenvalue weighted by molar-refractivity contribution is -0.113. The van der Waals surface area contributed by atoms with Gasteiger partial charge >= 0.3 is 0 Å². The Hall–Kier alpha value is -2.26. The number of hydrogen-bond acceptors (Lipinski definition) is 7. The molecular formula is C18H20N6OS2. The van der Waals surface area contributed by atoms with Crippen molar-refractivity contribution in [3.05, 3.63) is 34.8 Å². The third-order valence-corrected chi connectivity index (χ3v) is 6.26. The van der Waals surface area contributed by atoms with Crippen LogP contribution >= 0.6 is 23.1 Å². The van der Waals surface area contributed by atoms with E-state index in [2.05, 4.69) is 44.8 Å². The number of carbonyl (C=O) groups is 1. The zero-order chi connectivity index (χ0) is 18.8. The van der Waals surface area contributed by atoms with Crippen LogP contribution in [0.2, 0.25) is 0 Å². The van der Waals surface area contributed by atoms with Gasteiger partial charge in [0, 0.05) is 18.0 Å². The monoisotopic (exact) mass is 400 g/mol. The molecule has 1 aliphatic rings. The molecule has 9 heteroatoms. The molecule has 140 valence electrons. The molecule has 1 saturated carbocycles. The molecule has 0 unspecified atom stereocenters. The van der Waals surface area contributed by atoms with Crippen molar-refractivity contribution in [1.82, 2.24) is 25.0 Å². The number of aryl methyl sites for hydroxylation is 1. The number of aromatic nitrogens is 5. The van der Waals surface area contributed by atoms with Crippen LogP contribution in [0.1, 0.15) is 36.3 Å². The second kappa shape index (κ2) is 7.77. The van der Waals surface area contributed by atoms with E-state index in [-0.39, 0.29) is 11.7 Å². The summed E-state index contributed by atoms with van der Waals surface area (Å²) in [5, 5.41) is 21.9. The van der Waals surface area contributed by atoms with E-state index in [1.807, 2.05) is 23.6 Å². The molecule has 7 nitrogen and oxygen atoms in total. The van der Waals surface area contributed by atoms with Crippen molar-refractivity contribution in [1.29, 1.82) is 0 Å². The Balaban J connectivity index is 1.39. The molecule has 1 aliphatic carbocycles. The fourth-order valence-electron chi connectivity index (χ4n) is 2.66. The summed E-state index contributed by atoms with van der Waals surface area (Å²) in [6.07, 6.45) is 2.35. The fraction of sp³-hybridized carbons (Fsp3) is 0.389. The maximum Gasteiger partial charge on any atom is 0.236 e. The summed E-state index contributed by atoms with van der Waals surface area (Å²) >= 11 is 2.84. The van der Waals surface area contributed by atoms with Crippen molar-refractivity contribution in [2.75, 3.05) is 11.1 Å². The molecule has 0 atom stereocenters. The number of anilines is 1. The predicted molar refractivity (Wildman–Crippen MR) is 107 cm³/mol. The standard InChI is InChI=1S/C18H20N6OS2/c1-3-24-15(12-6-4-11(2)5-7-12)20-23-18(24)26-10-14(25)19-17-22-21-16(27-17)13-8-9-13/h4-7,13H,3,8-10H2,1-2H3,(H,19,22,25). The minimum absolute atomic E-state index is 0.110. The van der Waals surface area contributed by atoms with E-state index in [1.54, 1.807) is 0 Å². The zero-order valence-corrected chi connectivity index (χ0v) is 16.8. The highest BCUT2D eigenvalue weighted by molar-refractivity contribution is 7.99. The number of carbonyl (C=O) groups excluding carboxylic acids is 1. The SMILES string of the molecule is CCn1c(SCC(=O)Nc2nnc(C3CC3)s2)nnc1-c1ccc(C)cc1. The number of benzene rings is 1.